The Morgan fingerprint density at radius 2 is 1.53 bits per heavy atom. The van der Waals surface area contributed by atoms with Gasteiger partial charge in [0.2, 0.25) is 0 Å². The predicted molar refractivity (Wildman–Crippen MR) is 54.8 cm³/mol. The third-order valence-electron chi connectivity index (χ3n) is 2.53. The highest BCUT2D eigenvalue weighted by atomic mass is 19.4. The summed E-state index contributed by atoms with van der Waals surface area (Å²) in [6, 6.07) is 0. The second kappa shape index (κ2) is 5.94. The Morgan fingerprint density at radius 1 is 1.11 bits per heavy atom. The van der Waals surface area contributed by atoms with Gasteiger partial charge in [-0.3, -0.25) is 0 Å². The Morgan fingerprint density at radius 3 is 1.79 bits per heavy atom. The molecule has 0 fully saturated rings. The summed E-state index contributed by atoms with van der Waals surface area (Å²) >= 11 is 0. The number of allylic oxidation sites excluding steroid dienone is 2. The summed E-state index contributed by atoms with van der Waals surface area (Å²) < 4.78 is 87.1. The SMILES string of the molecule is C=CCC(CC(=C)F)CC(O)(C(F)(F)F)C(F)(F)F. The van der Waals surface area contributed by atoms with Gasteiger partial charge in [0.25, 0.3) is 5.60 Å². The zero-order chi connectivity index (χ0) is 15.5. The van der Waals surface area contributed by atoms with Crippen LogP contribution in [0.5, 0.6) is 0 Å². The largest absolute Gasteiger partial charge is 0.426 e. The van der Waals surface area contributed by atoms with Crippen molar-refractivity contribution in [3.63, 3.8) is 0 Å². The molecule has 0 saturated carbocycles. The van der Waals surface area contributed by atoms with Crippen molar-refractivity contribution in [1.82, 2.24) is 0 Å². The Kier molecular flexibility index (Phi) is 5.61. The molecule has 0 heterocycles. The van der Waals surface area contributed by atoms with Crippen molar-refractivity contribution in [2.24, 2.45) is 5.92 Å². The molecule has 8 heteroatoms. The van der Waals surface area contributed by atoms with Crippen molar-refractivity contribution in [2.45, 2.75) is 37.2 Å². The third kappa shape index (κ3) is 4.52. The average molecular weight is 294 g/mol. The van der Waals surface area contributed by atoms with Gasteiger partial charge in [0.05, 0.1) is 5.83 Å². The van der Waals surface area contributed by atoms with E-state index >= 15 is 0 Å². The molecule has 0 amide bonds. The van der Waals surface area contributed by atoms with Crippen LogP contribution in [0.25, 0.3) is 0 Å². The first-order valence-electron chi connectivity index (χ1n) is 5.15. The van der Waals surface area contributed by atoms with E-state index in [0.29, 0.717) is 0 Å². The smallest absolute Gasteiger partial charge is 0.374 e. The molecule has 0 radical (unpaired) electrons. The van der Waals surface area contributed by atoms with E-state index in [0.717, 1.165) is 6.08 Å². The molecule has 1 N–H and O–H groups in total. The average Bonchev–Trinajstić information content (AvgIpc) is 2.12. The van der Waals surface area contributed by atoms with Crippen molar-refractivity contribution in [2.75, 3.05) is 0 Å². The highest BCUT2D eigenvalue weighted by molar-refractivity contribution is 4.98. The molecule has 1 atom stereocenters. The van der Waals surface area contributed by atoms with Crippen LogP contribution >= 0.6 is 0 Å². The zero-order valence-corrected chi connectivity index (χ0v) is 9.78. The minimum absolute atomic E-state index is 0.308. The lowest BCUT2D eigenvalue weighted by Gasteiger charge is -2.34. The fourth-order valence-electron chi connectivity index (χ4n) is 1.60. The molecule has 0 rings (SSSR count). The van der Waals surface area contributed by atoms with Gasteiger partial charge in [-0.15, -0.1) is 6.58 Å². The molecule has 0 bridgehead atoms. The summed E-state index contributed by atoms with van der Waals surface area (Å²) in [5, 5.41) is 8.96. The van der Waals surface area contributed by atoms with Crippen LogP contribution < -0.4 is 0 Å². The molecule has 0 aliphatic rings. The van der Waals surface area contributed by atoms with Crippen molar-refractivity contribution >= 4 is 0 Å². The lowest BCUT2D eigenvalue weighted by atomic mass is 9.85. The van der Waals surface area contributed by atoms with E-state index in [-0.39, 0.29) is 6.42 Å². The molecule has 0 aromatic carbocycles. The first-order valence-corrected chi connectivity index (χ1v) is 5.15. The van der Waals surface area contributed by atoms with E-state index < -0.39 is 42.5 Å². The van der Waals surface area contributed by atoms with Crippen LogP contribution in [-0.4, -0.2) is 23.1 Å². The molecule has 0 saturated heterocycles. The van der Waals surface area contributed by atoms with Gasteiger partial charge in [0, 0.05) is 6.42 Å². The lowest BCUT2D eigenvalue weighted by Crippen LogP contribution is -2.57. The summed E-state index contributed by atoms with van der Waals surface area (Å²) in [6.07, 6.45) is -13.5. The van der Waals surface area contributed by atoms with Crippen LogP contribution in [0.3, 0.4) is 0 Å². The maximum absolute atomic E-state index is 12.6. The van der Waals surface area contributed by atoms with Crippen molar-refractivity contribution in [1.29, 1.82) is 0 Å². The van der Waals surface area contributed by atoms with E-state index in [9.17, 15) is 30.7 Å². The minimum Gasteiger partial charge on any atom is -0.374 e. The quantitative estimate of drug-likeness (QED) is 0.572. The Labute approximate surface area is 105 Å². The molecule has 112 valence electrons. The van der Waals surface area contributed by atoms with Crippen molar-refractivity contribution in [3.8, 4) is 0 Å². The van der Waals surface area contributed by atoms with Crippen LogP contribution in [0, 0.1) is 5.92 Å². The van der Waals surface area contributed by atoms with Gasteiger partial charge in [0.1, 0.15) is 0 Å². The Balaban J connectivity index is 5.30. The van der Waals surface area contributed by atoms with Crippen LogP contribution in [0.15, 0.2) is 25.1 Å². The monoisotopic (exact) mass is 294 g/mol. The van der Waals surface area contributed by atoms with Gasteiger partial charge in [-0.2, -0.15) is 26.3 Å². The summed E-state index contributed by atoms with van der Waals surface area (Å²) in [5.41, 5.74) is -4.87. The van der Waals surface area contributed by atoms with Gasteiger partial charge in [-0.05, 0) is 18.8 Å². The zero-order valence-electron chi connectivity index (χ0n) is 9.78. The van der Waals surface area contributed by atoms with E-state index in [1.54, 1.807) is 0 Å². The van der Waals surface area contributed by atoms with Crippen molar-refractivity contribution < 1.29 is 35.8 Å². The second-order valence-electron chi connectivity index (χ2n) is 4.17. The predicted octanol–water partition coefficient (Wildman–Crippen LogP) is 4.30. The fraction of sp³-hybridized carbons (Fsp3) is 0.636. The molecule has 0 aromatic rings. The number of alkyl halides is 6. The molecule has 0 aliphatic heterocycles. The van der Waals surface area contributed by atoms with Crippen molar-refractivity contribution in [3.05, 3.63) is 25.1 Å². The number of hydrogen-bond donors (Lipinski definition) is 1. The van der Waals surface area contributed by atoms with E-state index in [1.165, 1.54) is 0 Å². The Bertz CT molecular complexity index is 315. The molecular formula is C11H13F7O. The maximum Gasteiger partial charge on any atom is 0.426 e. The van der Waals surface area contributed by atoms with E-state index in [2.05, 4.69) is 13.2 Å². The molecule has 0 aromatic heterocycles. The Hall–Kier alpha value is -1.05. The topological polar surface area (TPSA) is 20.2 Å². The molecular weight excluding hydrogens is 281 g/mol. The number of hydrogen-bond acceptors (Lipinski definition) is 1. The maximum atomic E-state index is 12.6. The third-order valence-corrected chi connectivity index (χ3v) is 2.53. The molecule has 0 aliphatic carbocycles. The van der Waals surface area contributed by atoms with Gasteiger partial charge >= 0.3 is 12.4 Å². The highest BCUT2D eigenvalue weighted by Crippen LogP contribution is 2.47. The van der Waals surface area contributed by atoms with E-state index in [1.807, 2.05) is 0 Å². The van der Waals surface area contributed by atoms with Gasteiger partial charge in [-0.1, -0.05) is 12.7 Å². The first kappa shape index (κ1) is 17.9. The van der Waals surface area contributed by atoms with E-state index in [4.69, 9.17) is 5.11 Å². The van der Waals surface area contributed by atoms with Gasteiger partial charge in [-0.25, -0.2) is 4.39 Å². The van der Waals surface area contributed by atoms with Crippen LogP contribution in [0.2, 0.25) is 0 Å². The number of aliphatic hydroxyl groups is 1. The standard InChI is InChI=1S/C11H13F7O/c1-3-4-8(5-7(2)12)6-9(19,10(13,14)15)11(16,17)18/h3,8,19H,1-2,4-6H2. The number of rotatable bonds is 6. The fourth-order valence-corrected chi connectivity index (χ4v) is 1.60. The van der Waals surface area contributed by atoms with Crippen LogP contribution in [-0.2, 0) is 0 Å². The molecule has 1 unspecified atom stereocenters. The lowest BCUT2D eigenvalue weighted by molar-refractivity contribution is -0.372. The minimum atomic E-state index is -5.90. The van der Waals surface area contributed by atoms with Gasteiger partial charge < -0.3 is 5.11 Å². The normalized spacial score (nSPS) is 15.2. The summed E-state index contributed by atoms with van der Waals surface area (Å²) in [5.74, 6) is -2.46. The first-order chi connectivity index (χ1) is 8.35. The van der Waals surface area contributed by atoms with Crippen LogP contribution in [0.4, 0.5) is 30.7 Å². The van der Waals surface area contributed by atoms with Gasteiger partial charge in [0.15, 0.2) is 0 Å². The van der Waals surface area contributed by atoms with Crippen LogP contribution in [0.1, 0.15) is 19.3 Å². The molecule has 19 heavy (non-hydrogen) atoms. The molecule has 0 spiro atoms. The molecule has 1 nitrogen and oxygen atoms in total. The number of halogens is 7. The summed E-state index contributed by atoms with van der Waals surface area (Å²) in [4.78, 5) is 0. The highest BCUT2D eigenvalue weighted by Gasteiger charge is 2.70. The second-order valence-corrected chi connectivity index (χ2v) is 4.17. The summed E-state index contributed by atoms with van der Waals surface area (Å²) in [6.45, 7) is 5.95. The summed E-state index contributed by atoms with van der Waals surface area (Å²) in [7, 11) is 0.